The molecule has 0 unspecified atom stereocenters. The molecule has 6 nitrogen and oxygen atoms in total. The Kier molecular flexibility index (Phi) is 14.5. The molecule has 0 aliphatic rings. The molecule has 0 aromatic carbocycles. The van der Waals surface area contributed by atoms with Crippen molar-refractivity contribution in [2.75, 3.05) is 46.2 Å². The zero-order valence-corrected chi connectivity index (χ0v) is 10.7. The van der Waals surface area contributed by atoms with Crippen LogP contribution in [0.5, 0.6) is 0 Å². The molecule has 0 fully saturated rings. The van der Waals surface area contributed by atoms with Gasteiger partial charge in [-0.25, -0.2) is 4.79 Å². The van der Waals surface area contributed by atoms with E-state index in [1.807, 2.05) is 0 Å². The van der Waals surface area contributed by atoms with Gasteiger partial charge in [0.05, 0.1) is 39.6 Å². The average molecular weight is 291 g/mol. The standard InChI is InChI=1S/C6H15NO3.C4H5F3O2/c7-1-3-9-5-6-10-4-2-8;1-2-9-3(8)4(5,6)7/h8H,1-7H2;2H2,1H3. The number of nitrogens with two attached hydrogens (primary N) is 1. The number of hydrogen-bond donors (Lipinski definition) is 2. The predicted octanol–water partition coefficient (Wildman–Crippen LogP) is 0.0824. The second kappa shape index (κ2) is 13.5. The number of carbonyl (C=O) groups excluding carboxylic acids is 1. The zero-order valence-electron chi connectivity index (χ0n) is 10.7. The van der Waals surface area contributed by atoms with E-state index in [1.54, 1.807) is 0 Å². The summed E-state index contributed by atoms with van der Waals surface area (Å²) >= 11 is 0. The molecular weight excluding hydrogens is 271 g/mol. The van der Waals surface area contributed by atoms with Gasteiger partial charge in [-0.05, 0) is 6.92 Å². The number of rotatable bonds is 8. The third kappa shape index (κ3) is 17.1. The number of hydrogen-bond acceptors (Lipinski definition) is 6. The van der Waals surface area contributed by atoms with Crippen LogP contribution in [0.1, 0.15) is 6.92 Å². The summed E-state index contributed by atoms with van der Waals surface area (Å²) in [5.41, 5.74) is 5.16. The van der Waals surface area contributed by atoms with Crippen molar-refractivity contribution in [3.8, 4) is 0 Å². The van der Waals surface area contributed by atoms with Gasteiger partial charge in [0.2, 0.25) is 0 Å². The van der Waals surface area contributed by atoms with Gasteiger partial charge in [-0.3, -0.25) is 0 Å². The van der Waals surface area contributed by atoms with Crippen molar-refractivity contribution in [3.63, 3.8) is 0 Å². The van der Waals surface area contributed by atoms with Gasteiger partial charge >= 0.3 is 12.1 Å². The smallest absolute Gasteiger partial charge is 0.459 e. The Morgan fingerprint density at radius 2 is 1.68 bits per heavy atom. The van der Waals surface area contributed by atoms with Gasteiger partial charge in [0.25, 0.3) is 0 Å². The molecule has 116 valence electrons. The molecule has 3 N–H and O–H groups in total. The van der Waals surface area contributed by atoms with Crippen LogP contribution in [0.4, 0.5) is 13.2 Å². The lowest BCUT2D eigenvalue weighted by molar-refractivity contribution is -0.199. The largest absolute Gasteiger partial charge is 0.490 e. The molecular formula is C10H20F3NO5. The van der Waals surface area contributed by atoms with Crippen molar-refractivity contribution in [2.45, 2.75) is 13.1 Å². The van der Waals surface area contributed by atoms with Gasteiger partial charge in [0, 0.05) is 6.54 Å². The van der Waals surface area contributed by atoms with Crippen molar-refractivity contribution in [1.82, 2.24) is 0 Å². The maximum absolute atomic E-state index is 11.2. The average Bonchev–Trinajstić information content (AvgIpc) is 2.34. The molecule has 0 aromatic rings. The summed E-state index contributed by atoms with van der Waals surface area (Å²) in [5, 5.41) is 8.28. The van der Waals surface area contributed by atoms with Gasteiger partial charge < -0.3 is 25.1 Å². The third-order valence-electron chi connectivity index (χ3n) is 1.38. The van der Waals surface area contributed by atoms with Crippen LogP contribution in [0.3, 0.4) is 0 Å². The first-order valence-electron chi connectivity index (χ1n) is 5.60. The van der Waals surface area contributed by atoms with Crippen LogP contribution < -0.4 is 5.73 Å². The van der Waals surface area contributed by atoms with E-state index >= 15 is 0 Å². The number of halogens is 3. The molecule has 0 amide bonds. The highest BCUT2D eigenvalue weighted by atomic mass is 19.4. The normalized spacial score (nSPS) is 10.6. The fraction of sp³-hybridized carbons (Fsp3) is 0.900. The Labute approximate surface area is 109 Å². The molecule has 0 atom stereocenters. The molecule has 0 aliphatic carbocycles. The second-order valence-corrected chi connectivity index (χ2v) is 2.96. The summed E-state index contributed by atoms with van der Waals surface area (Å²) in [6.45, 7) is 3.70. The first-order chi connectivity index (χ1) is 8.90. The Morgan fingerprint density at radius 1 is 1.16 bits per heavy atom. The lowest BCUT2D eigenvalue weighted by Crippen LogP contribution is -2.25. The number of carbonyl (C=O) groups is 1. The minimum absolute atomic E-state index is 0.0664. The molecule has 0 spiro atoms. The third-order valence-corrected chi connectivity index (χ3v) is 1.38. The van der Waals surface area contributed by atoms with Crippen molar-refractivity contribution < 1.29 is 37.3 Å². The van der Waals surface area contributed by atoms with Gasteiger partial charge in [-0.2, -0.15) is 13.2 Å². The Balaban J connectivity index is 0. The maximum atomic E-state index is 11.2. The van der Waals surface area contributed by atoms with E-state index in [2.05, 4.69) is 4.74 Å². The minimum Gasteiger partial charge on any atom is -0.459 e. The van der Waals surface area contributed by atoms with E-state index in [9.17, 15) is 18.0 Å². The van der Waals surface area contributed by atoms with E-state index in [0.29, 0.717) is 33.0 Å². The monoisotopic (exact) mass is 291 g/mol. The molecule has 0 aliphatic heterocycles. The molecule has 0 saturated heterocycles. The van der Waals surface area contributed by atoms with Crippen LogP contribution in [0.2, 0.25) is 0 Å². The molecule has 0 rings (SSSR count). The van der Waals surface area contributed by atoms with Crippen LogP contribution in [-0.2, 0) is 19.0 Å². The molecule has 0 aromatic heterocycles. The number of aliphatic hydroxyl groups is 1. The van der Waals surface area contributed by atoms with Crippen LogP contribution in [0.25, 0.3) is 0 Å². The van der Waals surface area contributed by atoms with Crippen molar-refractivity contribution in [2.24, 2.45) is 5.73 Å². The highest BCUT2D eigenvalue weighted by Gasteiger charge is 2.40. The summed E-state index contributed by atoms with van der Waals surface area (Å²) in [7, 11) is 0. The Morgan fingerprint density at radius 3 is 2.00 bits per heavy atom. The molecule has 0 heterocycles. The highest BCUT2D eigenvalue weighted by Crippen LogP contribution is 2.15. The number of aliphatic hydroxyl groups excluding tert-OH is 1. The second-order valence-electron chi connectivity index (χ2n) is 2.96. The van der Waals surface area contributed by atoms with Gasteiger partial charge in [-0.1, -0.05) is 0 Å². The van der Waals surface area contributed by atoms with Crippen LogP contribution in [-0.4, -0.2) is 63.4 Å². The number of esters is 1. The van der Waals surface area contributed by atoms with Gasteiger partial charge in [0.15, 0.2) is 0 Å². The van der Waals surface area contributed by atoms with Crippen LogP contribution >= 0.6 is 0 Å². The van der Waals surface area contributed by atoms with Crippen molar-refractivity contribution >= 4 is 5.97 Å². The predicted molar refractivity (Wildman–Crippen MR) is 60.5 cm³/mol. The summed E-state index contributed by atoms with van der Waals surface area (Å²) in [6.07, 6.45) is -4.85. The molecule has 0 bridgehead atoms. The van der Waals surface area contributed by atoms with Crippen molar-refractivity contribution in [1.29, 1.82) is 0 Å². The summed E-state index contributed by atoms with van der Waals surface area (Å²) in [4.78, 5) is 9.72. The van der Waals surface area contributed by atoms with Gasteiger partial charge in [0.1, 0.15) is 0 Å². The van der Waals surface area contributed by atoms with E-state index in [0.717, 1.165) is 0 Å². The maximum Gasteiger partial charge on any atom is 0.490 e. The SMILES string of the molecule is CCOC(=O)C(F)(F)F.NCCOCCOCCO. The first kappa shape index (κ1) is 20.4. The van der Waals surface area contributed by atoms with E-state index in [1.165, 1.54) is 6.92 Å². The Bertz CT molecular complexity index is 206. The highest BCUT2D eigenvalue weighted by molar-refractivity contribution is 5.75. The fourth-order valence-electron chi connectivity index (χ4n) is 0.683. The topological polar surface area (TPSA) is 91.0 Å². The molecule has 9 heteroatoms. The molecule has 0 radical (unpaired) electrons. The quantitative estimate of drug-likeness (QED) is 0.486. The lowest BCUT2D eigenvalue weighted by atomic mass is 10.7. The van der Waals surface area contributed by atoms with E-state index < -0.39 is 12.1 Å². The summed E-state index contributed by atoms with van der Waals surface area (Å²) < 4.78 is 47.0. The van der Waals surface area contributed by atoms with E-state index in [-0.39, 0.29) is 13.2 Å². The minimum atomic E-state index is -4.85. The summed E-state index contributed by atoms with van der Waals surface area (Å²) in [6, 6.07) is 0. The Hall–Kier alpha value is -0.900. The zero-order chi connectivity index (χ0) is 15.1. The van der Waals surface area contributed by atoms with Gasteiger partial charge in [-0.15, -0.1) is 0 Å². The number of alkyl halides is 3. The number of ether oxygens (including phenoxy) is 3. The fourth-order valence-corrected chi connectivity index (χ4v) is 0.683. The summed E-state index contributed by atoms with van der Waals surface area (Å²) in [5.74, 6) is -2.13. The van der Waals surface area contributed by atoms with Crippen molar-refractivity contribution in [3.05, 3.63) is 0 Å². The lowest BCUT2D eigenvalue weighted by Gasteiger charge is -2.02. The molecule has 0 saturated carbocycles. The van der Waals surface area contributed by atoms with Crippen LogP contribution in [0.15, 0.2) is 0 Å². The molecule has 19 heavy (non-hydrogen) atoms. The first-order valence-corrected chi connectivity index (χ1v) is 5.60. The van der Waals surface area contributed by atoms with Crippen LogP contribution in [0, 0.1) is 0 Å². The van der Waals surface area contributed by atoms with E-state index in [4.69, 9.17) is 20.3 Å².